The maximum atomic E-state index is 12.7. The first-order chi connectivity index (χ1) is 26.7. The summed E-state index contributed by atoms with van der Waals surface area (Å²) in [4.78, 5) is 62.0. The number of hydrogen-bond donors (Lipinski definition) is 1. The maximum Gasteiger partial charge on any atom is 0.321 e. The summed E-state index contributed by atoms with van der Waals surface area (Å²) in [6.45, 7) is 0.0576. The minimum absolute atomic E-state index is 0.0576. The largest absolute Gasteiger partial charge is 0.491 e. The molecule has 0 aromatic heterocycles. The molecule has 0 spiro atoms. The highest BCUT2D eigenvalue weighted by Crippen LogP contribution is 2.52. The van der Waals surface area contributed by atoms with Crippen LogP contribution in [0, 0.1) is 11.8 Å². The van der Waals surface area contributed by atoms with Crippen LogP contribution in [0.2, 0.25) is 0 Å². The van der Waals surface area contributed by atoms with Crippen LogP contribution < -0.4 is 9.47 Å². The Hall–Kier alpha value is -6.65. The first kappa shape index (κ1) is 35.4. The maximum absolute atomic E-state index is 12.7. The third kappa shape index (κ3) is 7.45. The number of carbonyl (C=O) groups excluding carboxylic acids is 5. The van der Waals surface area contributed by atoms with E-state index >= 15 is 0 Å². The van der Waals surface area contributed by atoms with E-state index in [1.54, 1.807) is 48.5 Å². The van der Waals surface area contributed by atoms with E-state index in [0.29, 0.717) is 39.5 Å². The van der Waals surface area contributed by atoms with Crippen molar-refractivity contribution in [3.8, 4) is 28.4 Å². The minimum Gasteiger partial charge on any atom is -0.491 e. The molecule has 10 heteroatoms. The molecule has 274 valence electrons. The van der Waals surface area contributed by atoms with Gasteiger partial charge in [0.1, 0.15) is 30.0 Å². The average molecular weight is 735 g/mol. The summed E-state index contributed by atoms with van der Waals surface area (Å²) in [5.41, 5.74) is 5.27. The summed E-state index contributed by atoms with van der Waals surface area (Å²) in [7, 11) is 0. The van der Waals surface area contributed by atoms with E-state index < -0.39 is 53.7 Å². The summed E-state index contributed by atoms with van der Waals surface area (Å²) < 4.78 is 21.8. The van der Waals surface area contributed by atoms with Crippen molar-refractivity contribution in [3.63, 3.8) is 0 Å². The number of cyclic esters (lactones) is 4. The zero-order valence-electron chi connectivity index (χ0n) is 29.3. The number of fused-ring (bicyclic) bond motifs is 3. The first-order valence-electron chi connectivity index (χ1n) is 17.9. The third-order valence-corrected chi connectivity index (χ3v) is 10.3. The molecular formula is C45H34O10. The molecule has 2 heterocycles. The molecule has 5 aromatic carbocycles. The molecule has 0 bridgehead atoms. The third-order valence-electron chi connectivity index (χ3n) is 10.3. The highest BCUT2D eigenvalue weighted by atomic mass is 16.6. The zero-order valence-corrected chi connectivity index (χ0v) is 29.3. The minimum atomic E-state index is -0.847. The van der Waals surface area contributed by atoms with E-state index in [1.807, 2.05) is 78.9 Å². The van der Waals surface area contributed by atoms with Gasteiger partial charge in [-0.15, -0.1) is 0 Å². The van der Waals surface area contributed by atoms with E-state index in [-0.39, 0.29) is 25.2 Å². The molecule has 0 saturated carbocycles. The van der Waals surface area contributed by atoms with Crippen molar-refractivity contribution in [3.05, 3.63) is 155 Å². The Bertz CT molecular complexity index is 2310. The molecule has 10 nitrogen and oxygen atoms in total. The molecule has 3 aliphatic rings. The van der Waals surface area contributed by atoms with Gasteiger partial charge in [-0.2, -0.15) is 0 Å². The highest BCUT2D eigenvalue weighted by molar-refractivity contribution is 6.06. The summed E-state index contributed by atoms with van der Waals surface area (Å²) in [6.07, 6.45) is 2.56. The number of benzene rings is 5. The molecular weight excluding hydrogens is 700 g/mol. The Balaban J connectivity index is 0.881. The van der Waals surface area contributed by atoms with Crippen LogP contribution in [0.4, 0.5) is 0 Å². The summed E-state index contributed by atoms with van der Waals surface area (Å²) in [6, 6.07) is 36.5. The topological polar surface area (TPSA) is 142 Å². The normalized spacial score (nSPS) is 20.7. The van der Waals surface area contributed by atoms with Crippen molar-refractivity contribution in [2.45, 2.75) is 30.8 Å². The lowest BCUT2D eigenvalue weighted by atomic mass is 9.67. The van der Waals surface area contributed by atoms with E-state index in [2.05, 4.69) is 0 Å². The van der Waals surface area contributed by atoms with Crippen molar-refractivity contribution in [2.24, 2.45) is 11.8 Å². The van der Waals surface area contributed by atoms with Gasteiger partial charge >= 0.3 is 23.9 Å². The molecule has 5 atom stereocenters. The van der Waals surface area contributed by atoms with Crippen LogP contribution in [0.25, 0.3) is 17.2 Å². The number of aliphatic hydroxyl groups excluding tert-OH is 1. The standard InChI is InChI=1S/C45H34O10/c46-39(29-4-2-1-3-5-29)21-8-26-6-9-30(10-7-26)40(47)25-52-31-15-11-27(12-16-31)28-13-17-32(18-14-28)53-33-19-20-34-35(37-24-41(48)54-43(37)49)23-38-42(36(34)22-33)45(51)55-44(38)50/h1-22,35,37-38,40,42,47H,23-25H2. The highest BCUT2D eigenvalue weighted by Gasteiger charge is 2.53. The molecule has 1 aliphatic carbocycles. The lowest BCUT2D eigenvalue weighted by Gasteiger charge is -2.33. The van der Waals surface area contributed by atoms with Crippen molar-refractivity contribution in [1.82, 2.24) is 0 Å². The average Bonchev–Trinajstić information content (AvgIpc) is 3.71. The van der Waals surface area contributed by atoms with Gasteiger partial charge in [0.25, 0.3) is 0 Å². The quantitative estimate of drug-likeness (QED) is 0.0627. The van der Waals surface area contributed by atoms with Crippen LogP contribution in [0.3, 0.4) is 0 Å². The molecule has 8 rings (SSSR count). The number of esters is 4. The number of rotatable bonds is 11. The SMILES string of the molecule is O=C1CC(C2CC3C(=O)OC(=O)C3c3cc(Oc4ccc(-c5ccc(OCC(O)c6ccc(C=CC(=O)c7ccccc7)cc6)cc5)cc4)ccc32)C(=O)O1. The molecule has 55 heavy (non-hydrogen) atoms. The second-order valence-electron chi connectivity index (χ2n) is 13.8. The summed E-state index contributed by atoms with van der Waals surface area (Å²) in [5, 5.41) is 10.7. The van der Waals surface area contributed by atoms with Crippen LogP contribution in [-0.2, 0) is 28.7 Å². The van der Waals surface area contributed by atoms with Crippen molar-refractivity contribution in [2.75, 3.05) is 6.61 Å². The van der Waals surface area contributed by atoms with E-state index in [1.165, 1.54) is 6.08 Å². The van der Waals surface area contributed by atoms with Gasteiger partial charge in [0, 0.05) is 5.56 Å². The Morgan fingerprint density at radius 3 is 2.02 bits per heavy atom. The Labute approximate surface area is 315 Å². The van der Waals surface area contributed by atoms with Crippen molar-refractivity contribution >= 4 is 35.7 Å². The van der Waals surface area contributed by atoms with Crippen molar-refractivity contribution in [1.29, 1.82) is 0 Å². The fourth-order valence-corrected chi connectivity index (χ4v) is 7.48. The molecule has 5 aromatic rings. The number of hydrogen-bond acceptors (Lipinski definition) is 10. The van der Waals surface area contributed by atoms with Gasteiger partial charge in [-0.1, -0.05) is 91.0 Å². The van der Waals surface area contributed by atoms with Crippen LogP contribution in [0.1, 0.15) is 63.4 Å². The van der Waals surface area contributed by atoms with Gasteiger partial charge < -0.3 is 24.1 Å². The monoisotopic (exact) mass is 734 g/mol. The van der Waals surface area contributed by atoms with Gasteiger partial charge in [0.2, 0.25) is 0 Å². The molecule has 1 N–H and O–H groups in total. The van der Waals surface area contributed by atoms with Gasteiger partial charge in [0.05, 0.1) is 24.2 Å². The second-order valence-corrected chi connectivity index (χ2v) is 13.8. The van der Waals surface area contributed by atoms with E-state index in [4.69, 9.17) is 18.9 Å². The smallest absolute Gasteiger partial charge is 0.321 e. The van der Waals surface area contributed by atoms with Crippen LogP contribution in [0.5, 0.6) is 17.2 Å². The van der Waals surface area contributed by atoms with Gasteiger partial charge in [-0.3, -0.25) is 24.0 Å². The predicted molar refractivity (Wildman–Crippen MR) is 199 cm³/mol. The van der Waals surface area contributed by atoms with Crippen LogP contribution in [-0.4, -0.2) is 41.4 Å². The second kappa shape index (κ2) is 15.0. The summed E-state index contributed by atoms with van der Waals surface area (Å²) >= 11 is 0. The van der Waals surface area contributed by atoms with Gasteiger partial charge in [-0.05, 0) is 88.2 Å². The fraction of sp³-hybridized carbons (Fsp3) is 0.178. The van der Waals surface area contributed by atoms with E-state index in [9.17, 15) is 29.1 Å². The van der Waals surface area contributed by atoms with Crippen LogP contribution >= 0.6 is 0 Å². The van der Waals surface area contributed by atoms with E-state index in [0.717, 1.165) is 16.7 Å². The molecule has 0 amide bonds. The zero-order chi connectivity index (χ0) is 38.1. The Morgan fingerprint density at radius 2 is 1.35 bits per heavy atom. The number of ether oxygens (including phenoxy) is 4. The molecule has 2 saturated heterocycles. The molecule has 0 radical (unpaired) electrons. The van der Waals surface area contributed by atoms with Crippen molar-refractivity contribution < 1.29 is 48.0 Å². The molecule has 5 unspecified atom stereocenters. The van der Waals surface area contributed by atoms with Gasteiger partial charge in [0.15, 0.2) is 5.78 Å². The predicted octanol–water partition coefficient (Wildman–Crippen LogP) is 7.51. The number of carbonyl (C=O) groups is 5. The lowest BCUT2D eigenvalue weighted by Crippen LogP contribution is -2.31. The number of ketones is 1. The van der Waals surface area contributed by atoms with Gasteiger partial charge in [-0.25, -0.2) is 0 Å². The fourth-order valence-electron chi connectivity index (χ4n) is 7.48. The molecule has 2 fully saturated rings. The lowest BCUT2D eigenvalue weighted by molar-refractivity contribution is -0.155. The Morgan fingerprint density at radius 1 is 0.691 bits per heavy atom. The number of allylic oxidation sites excluding steroid dienone is 1. The Kier molecular flexibility index (Phi) is 9.65. The first-order valence-corrected chi connectivity index (χ1v) is 17.9. The summed E-state index contributed by atoms with van der Waals surface area (Å²) in [5.74, 6) is -3.77. The molecule has 2 aliphatic heterocycles. The van der Waals surface area contributed by atoms with Crippen LogP contribution in [0.15, 0.2) is 127 Å². The number of aliphatic hydroxyl groups is 1.